The van der Waals surface area contributed by atoms with Gasteiger partial charge in [0.1, 0.15) is 11.3 Å². The van der Waals surface area contributed by atoms with Crippen LogP contribution in [-0.4, -0.2) is 34.1 Å². The topological polar surface area (TPSA) is 47.1 Å². The highest BCUT2D eigenvalue weighted by Crippen LogP contribution is 2.29. The summed E-state index contributed by atoms with van der Waals surface area (Å²) in [6, 6.07) is 6.16. The normalized spacial score (nSPS) is 16.1. The lowest BCUT2D eigenvalue weighted by Gasteiger charge is -2.19. The van der Waals surface area contributed by atoms with Crippen LogP contribution in [-0.2, 0) is 6.54 Å². The van der Waals surface area contributed by atoms with Gasteiger partial charge in [0.2, 0.25) is 0 Å². The molecule has 2 heterocycles. The Bertz CT molecular complexity index is 621. The first kappa shape index (κ1) is 15.3. The van der Waals surface area contributed by atoms with Crippen molar-refractivity contribution < 1.29 is 0 Å². The molecule has 2 N–H and O–H groups in total. The third kappa shape index (κ3) is 2.84. The first-order valence-electron chi connectivity index (χ1n) is 8.71. The third-order valence-electron chi connectivity index (χ3n) is 5.03. The Kier molecular flexibility index (Phi) is 4.67. The van der Waals surface area contributed by atoms with Gasteiger partial charge in [-0.15, -0.1) is 0 Å². The molecule has 2 aromatic rings. The average molecular weight is 300 g/mol. The minimum atomic E-state index is 0.519. The third-order valence-corrected chi connectivity index (χ3v) is 5.03. The van der Waals surface area contributed by atoms with E-state index in [-0.39, 0.29) is 0 Å². The summed E-state index contributed by atoms with van der Waals surface area (Å²) in [6.45, 7) is 9.13. The summed E-state index contributed by atoms with van der Waals surface area (Å²) in [5.41, 5.74) is 9.12. The molecule has 1 saturated heterocycles. The predicted molar refractivity (Wildman–Crippen MR) is 93.1 cm³/mol. The molecule has 1 aromatic carbocycles. The molecule has 0 radical (unpaired) electrons. The van der Waals surface area contributed by atoms with Crippen molar-refractivity contribution in [3.63, 3.8) is 0 Å². The molecule has 3 rings (SSSR count). The Morgan fingerprint density at radius 2 is 1.86 bits per heavy atom. The molecule has 1 aliphatic rings. The number of para-hydroxylation sites is 1. The molecule has 1 aliphatic heterocycles. The number of likely N-dealkylation sites (tertiary alicyclic amines) is 1. The van der Waals surface area contributed by atoms with Crippen molar-refractivity contribution >= 4 is 16.7 Å². The monoisotopic (exact) mass is 300 g/mol. The van der Waals surface area contributed by atoms with Gasteiger partial charge >= 0.3 is 0 Å². The summed E-state index contributed by atoms with van der Waals surface area (Å²) in [5.74, 6) is 1.74. The molecule has 0 unspecified atom stereocenters. The van der Waals surface area contributed by atoms with Crippen LogP contribution < -0.4 is 5.73 Å². The molecule has 4 heteroatoms. The van der Waals surface area contributed by atoms with Gasteiger partial charge in [0, 0.05) is 19.0 Å². The van der Waals surface area contributed by atoms with Crippen molar-refractivity contribution in [1.82, 2.24) is 14.5 Å². The van der Waals surface area contributed by atoms with E-state index in [1.165, 1.54) is 37.3 Å². The highest BCUT2D eigenvalue weighted by molar-refractivity contribution is 5.87. The molecule has 0 amide bonds. The smallest absolute Gasteiger partial charge is 0.113 e. The van der Waals surface area contributed by atoms with Crippen molar-refractivity contribution in [2.45, 2.75) is 52.0 Å². The highest BCUT2D eigenvalue weighted by Gasteiger charge is 2.20. The van der Waals surface area contributed by atoms with Gasteiger partial charge in [0.25, 0.3) is 0 Å². The van der Waals surface area contributed by atoms with E-state index in [4.69, 9.17) is 10.7 Å². The summed E-state index contributed by atoms with van der Waals surface area (Å²) in [4.78, 5) is 7.48. The zero-order valence-electron chi connectivity index (χ0n) is 13.9. The minimum Gasteiger partial charge on any atom is -0.397 e. The van der Waals surface area contributed by atoms with Gasteiger partial charge in [-0.05, 0) is 50.9 Å². The lowest BCUT2D eigenvalue weighted by atomic mass is 10.0. The highest BCUT2D eigenvalue weighted by atomic mass is 15.2. The van der Waals surface area contributed by atoms with Gasteiger partial charge in [-0.2, -0.15) is 0 Å². The van der Waals surface area contributed by atoms with Crippen LogP contribution in [0, 0.1) is 0 Å². The molecule has 22 heavy (non-hydrogen) atoms. The van der Waals surface area contributed by atoms with Crippen molar-refractivity contribution in [2.24, 2.45) is 0 Å². The second-order valence-electron chi connectivity index (χ2n) is 6.40. The van der Waals surface area contributed by atoms with E-state index in [0.29, 0.717) is 5.92 Å². The number of benzene rings is 1. The molecule has 120 valence electrons. The lowest BCUT2D eigenvalue weighted by Crippen LogP contribution is -2.25. The first-order valence-corrected chi connectivity index (χ1v) is 8.71. The maximum Gasteiger partial charge on any atom is 0.113 e. The largest absolute Gasteiger partial charge is 0.397 e. The second kappa shape index (κ2) is 6.69. The maximum atomic E-state index is 6.15. The first-order chi connectivity index (χ1) is 10.7. The van der Waals surface area contributed by atoms with E-state index in [0.717, 1.165) is 37.1 Å². The summed E-state index contributed by atoms with van der Waals surface area (Å²) in [7, 11) is 0. The molecule has 0 bridgehead atoms. The van der Waals surface area contributed by atoms with Gasteiger partial charge in [-0.3, -0.25) is 0 Å². The summed E-state index contributed by atoms with van der Waals surface area (Å²) >= 11 is 0. The van der Waals surface area contributed by atoms with Gasteiger partial charge in [0.15, 0.2) is 0 Å². The molecule has 0 saturated carbocycles. The number of hydrogen-bond acceptors (Lipinski definition) is 3. The standard InChI is InChI=1S/C18H28N4/c1-3-14(4-2)18-20-17-15(19)8-7-9-16(17)22(18)13-12-21-10-5-6-11-21/h7-9,14H,3-6,10-13,19H2,1-2H3. The number of hydrogen-bond donors (Lipinski definition) is 1. The van der Waals surface area contributed by atoms with Gasteiger partial charge in [0.05, 0.1) is 11.2 Å². The fourth-order valence-corrected chi connectivity index (χ4v) is 3.63. The van der Waals surface area contributed by atoms with E-state index < -0.39 is 0 Å². The predicted octanol–water partition coefficient (Wildman–Crippen LogP) is 3.62. The fourth-order valence-electron chi connectivity index (χ4n) is 3.63. The van der Waals surface area contributed by atoms with E-state index in [1.807, 2.05) is 12.1 Å². The maximum absolute atomic E-state index is 6.15. The lowest BCUT2D eigenvalue weighted by molar-refractivity contribution is 0.320. The molecular formula is C18H28N4. The molecular weight excluding hydrogens is 272 g/mol. The number of fused-ring (bicyclic) bond motifs is 1. The number of nitrogens with zero attached hydrogens (tertiary/aromatic N) is 3. The Hall–Kier alpha value is -1.55. The van der Waals surface area contributed by atoms with E-state index >= 15 is 0 Å². The van der Waals surface area contributed by atoms with Crippen molar-refractivity contribution in [2.75, 3.05) is 25.4 Å². The Balaban J connectivity index is 1.96. The molecule has 0 atom stereocenters. The van der Waals surface area contributed by atoms with Crippen molar-refractivity contribution in [3.8, 4) is 0 Å². The van der Waals surface area contributed by atoms with Crippen molar-refractivity contribution in [1.29, 1.82) is 0 Å². The molecule has 4 nitrogen and oxygen atoms in total. The Morgan fingerprint density at radius 1 is 1.14 bits per heavy atom. The summed E-state index contributed by atoms with van der Waals surface area (Å²) < 4.78 is 2.42. The van der Waals surface area contributed by atoms with E-state index in [1.54, 1.807) is 0 Å². The average Bonchev–Trinajstić information content (AvgIpc) is 3.15. The van der Waals surface area contributed by atoms with Crippen LogP contribution in [0.5, 0.6) is 0 Å². The molecule has 1 fully saturated rings. The summed E-state index contributed by atoms with van der Waals surface area (Å²) in [5, 5.41) is 0. The second-order valence-corrected chi connectivity index (χ2v) is 6.40. The zero-order chi connectivity index (χ0) is 15.5. The number of imidazole rings is 1. The Morgan fingerprint density at radius 3 is 2.55 bits per heavy atom. The van der Waals surface area contributed by atoms with Crippen LogP contribution in [0.4, 0.5) is 5.69 Å². The van der Waals surface area contributed by atoms with Crippen LogP contribution in [0.1, 0.15) is 51.3 Å². The molecule has 1 aromatic heterocycles. The van der Waals surface area contributed by atoms with Gasteiger partial charge in [-0.25, -0.2) is 4.98 Å². The van der Waals surface area contributed by atoms with Gasteiger partial charge in [-0.1, -0.05) is 19.9 Å². The van der Waals surface area contributed by atoms with Crippen LogP contribution in [0.2, 0.25) is 0 Å². The zero-order valence-corrected chi connectivity index (χ0v) is 13.9. The van der Waals surface area contributed by atoms with Crippen LogP contribution in [0.3, 0.4) is 0 Å². The number of nitrogen functional groups attached to an aromatic ring is 1. The van der Waals surface area contributed by atoms with Crippen LogP contribution >= 0.6 is 0 Å². The minimum absolute atomic E-state index is 0.519. The fraction of sp³-hybridized carbons (Fsp3) is 0.611. The number of anilines is 1. The summed E-state index contributed by atoms with van der Waals surface area (Å²) in [6.07, 6.45) is 4.95. The van der Waals surface area contributed by atoms with E-state index in [9.17, 15) is 0 Å². The van der Waals surface area contributed by atoms with Crippen LogP contribution in [0.25, 0.3) is 11.0 Å². The SMILES string of the molecule is CCC(CC)c1nc2c(N)cccc2n1CCN1CCCC1. The molecule has 0 spiro atoms. The number of nitrogens with two attached hydrogens (primary N) is 1. The number of rotatable bonds is 6. The van der Waals surface area contributed by atoms with Crippen LogP contribution in [0.15, 0.2) is 18.2 Å². The Labute approximate surface area is 133 Å². The molecule has 0 aliphatic carbocycles. The number of aromatic nitrogens is 2. The van der Waals surface area contributed by atoms with Gasteiger partial charge < -0.3 is 15.2 Å². The van der Waals surface area contributed by atoms with E-state index in [2.05, 4.69) is 29.4 Å². The van der Waals surface area contributed by atoms with Crippen molar-refractivity contribution in [3.05, 3.63) is 24.0 Å². The quantitative estimate of drug-likeness (QED) is 0.829.